The maximum absolute atomic E-state index is 15.1. The molecule has 12 heteroatoms. The van der Waals surface area contributed by atoms with Gasteiger partial charge in [-0.3, -0.25) is 4.90 Å². The van der Waals surface area contributed by atoms with Gasteiger partial charge < -0.3 is 9.64 Å². The fraction of sp³-hybridized carbons (Fsp3) is 0.636. The highest BCUT2D eigenvalue weighted by atomic mass is 35.5. The second-order valence-electron chi connectivity index (χ2n) is 10.1. The topological polar surface area (TPSA) is 106 Å². The zero-order valence-corrected chi connectivity index (χ0v) is 21.1. The molecule has 184 valence electrons. The van der Waals surface area contributed by atoms with Gasteiger partial charge in [0.2, 0.25) is 15.0 Å². The minimum Gasteiger partial charge on any atom is -0.444 e. The molecule has 3 aliphatic heterocycles. The van der Waals surface area contributed by atoms with Gasteiger partial charge in [0.1, 0.15) is 16.9 Å². The Morgan fingerprint density at radius 3 is 2.59 bits per heavy atom. The quantitative estimate of drug-likeness (QED) is 0.445. The summed E-state index contributed by atoms with van der Waals surface area (Å²) in [5.74, 6) is -0.726. The normalized spacial score (nSPS) is 24.2. The lowest BCUT2D eigenvalue weighted by Crippen LogP contribution is -2.62. The van der Waals surface area contributed by atoms with Crippen molar-refractivity contribution in [3.05, 3.63) is 16.7 Å². The molecular weight excluding hydrogens is 485 g/mol. The number of rotatable bonds is 2. The minimum atomic E-state index is -3.81. The number of fused-ring (bicyclic) bond motifs is 5. The summed E-state index contributed by atoms with van der Waals surface area (Å²) in [4.78, 5) is 29.7. The average Bonchev–Trinajstić information content (AvgIpc) is 3.00. The average molecular weight is 512 g/mol. The molecule has 2 fully saturated rings. The predicted molar refractivity (Wildman–Crippen MR) is 124 cm³/mol. The maximum Gasteiger partial charge on any atom is 0.410 e. The van der Waals surface area contributed by atoms with Crippen LogP contribution in [0.2, 0.25) is 5.15 Å². The first kappa shape index (κ1) is 23.5. The van der Waals surface area contributed by atoms with Crippen molar-refractivity contribution >= 4 is 44.3 Å². The van der Waals surface area contributed by atoms with Crippen LogP contribution in [0.25, 0.3) is 10.9 Å². The summed E-state index contributed by atoms with van der Waals surface area (Å²) < 4.78 is 46.1. The van der Waals surface area contributed by atoms with Crippen molar-refractivity contribution in [1.82, 2.24) is 19.9 Å². The molecule has 5 rings (SSSR count). The van der Waals surface area contributed by atoms with Gasteiger partial charge >= 0.3 is 6.09 Å². The van der Waals surface area contributed by atoms with Crippen molar-refractivity contribution in [2.24, 2.45) is 0 Å². The van der Waals surface area contributed by atoms with Crippen molar-refractivity contribution in [2.45, 2.75) is 82.3 Å². The number of carbonyl (C=O) groups excluding carboxylic acids is 1. The molecule has 0 unspecified atom stereocenters. The molecule has 2 bridgehead atoms. The second kappa shape index (κ2) is 7.87. The van der Waals surface area contributed by atoms with Crippen LogP contribution in [0.3, 0.4) is 0 Å². The van der Waals surface area contributed by atoms with E-state index < -0.39 is 26.4 Å². The van der Waals surface area contributed by atoms with Crippen LogP contribution in [-0.4, -0.2) is 70.4 Å². The Morgan fingerprint density at radius 2 is 1.91 bits per heavy atom. The Labute approximate surface area is 202 Å². The van der Waals surface area contributed by atoms with Crippen LogP contribution in [0.4, 0.5) is 15.0 Å². The Balaban J connectivity index is 1.66. The Bertz CT molecular complexity index is 1300. The number of piperazine rings is 1. The number of aryl methyl sites for hydroxylation is 1. The minimum absolute atomic E-state index is 0.126. The van der Waals surface area contributed by atoms with Crippen LogP contribution < -0.4 is 4.90 Å². The number of pyridine rings is 1. The van der Waals surface area contributed by atoms with Crippen LogP contribution in [-0.2, 0) is 21.0 Å². The summed E-state index contributed by atoms with van der Waals surface area (Å²) in [5.41, 5.74) is -0.214. The monoisotopic (exact) mass is 511 g/mol. The lowest BCUT2D eigenvalue weighted by Gasteiger charge is -2.47. The van der Waals surface area contributed by atoms with Gasteiger partial charge in [0, 0.05) is 6.54 Å². The van der Waals surface area contributed by atoms with Crippen LogP contribution >= 0.6 is 11.6 Å². The highest BCUT2D eigenvalue weighted by molar-refractivity contribution is 7.91. The van der Waals surface area contributed by atoms with E-state index in [0.29, 0.717) is 36.3 Å². The van der Waals surface area contributed by atoms with Gasteiger partial charge in [0.15, 0.2) is 11.0 Å². The van der Waals surface area contributed by atoms with E-state index in [1.165, 1.54) is 6.92 Å². The smallest absolute Gasteiger partial charge is 0.410 e. The zero-order chi connectivity index (χ0) is 24.6. The van der Waals surface area contributed by atoms with E-state index in [-0.39, 0.29) is 40.6 Å². The number of nitrogens with zero attached hydrogens (tertiary/aromatic N) is 5. The molecule has 0 aromatic carbocycles. The van der Waals surface area contributed by atoms with Gasteiger partial charge in [0.25, 0.3) is 0 Å². The molecule has 0 spiro atoms. The third-order valence-electron chi connectivity index (χ3n) is 6.79. The van der Waals surface area contributed by atoms with E-state index in [9.17, 15) is 13.2 Å². The number of sulfone groups is 1. The molecule has 2 aromatic heterocycles. The van der Waals surface area contributed by atoms with Crippen LogP contribution in [0.15, 0.2) is 5.16 Å². The van der Waals surface area contributed by atoms with Crippen molar-refractivity contribution in [3.63, 3.8) is 0 Å². The highest BCUT2D eigenvalue weighted by Gasteiger charge is 2.51. The summed E-state index contributed by atoms with van der Waals surface area (Å²) in [6.07, 6.45) is 2.32. The molecule has 3 atom stereocenters. The molecule has 0 radical (unpaired) electrons. The van der Waals surface area contributed by atoms with Crippen LogP contribution in [0.1, 0.15) is 52.7 Å². The molecule has 0 aliphatic carbocycles. The van der Waals surface area contributed by atoms with Gasteiger partial charge in [0.05, 0.1) is 35.0 Å². The third-order valence-corrected chi connectivity index (χ3v) is 8.54. The Kier molecular flexibility index (Phi) is 5.44. The predicted octanol–water partition coefficient (Wildman–Crippen LogP) is 3.51. The number of hydrogen-bond acceptors (Lipinski definition) is 8. The summed E-state index contributed by atoms with van der Waals surface area (Å²) in [6, 6.07) is -0.420. The molecule has 34 heavy (non-hydrogen) atoms. The number of anilines is 1. The number of hydrogen-bond donors (Lipinski definition) is 0. The van der Waals surface area contributed by atoms with Crippen LogP contribution in [0.5, 0.6) is 0 Å². The maximum atomic E-state index is 15.1. The SMILES string of the molecule is CCS(=O)(=O)c1nc2c3c(nc(Cl)c(F)c3n1)CC[C@H]1[C@@H]3CC[C@H](CN21)N3C(=O)OC(C)(C)C. The Morgan fingerprint density at radius 1 is 1.18 bits per heavy atom. The van der Waals surface area contributed by atoms with E-state index in [1.807, 2.05) is 30.6 Å². The molecule has 3 aliphatic rings. The summed E-state index contributed by atoms with van der Waals surface area (Å²) in [5, 5.41) is -0.375. The fourth-order valence-electron chi connectivity index (χ4n) is 5.35. The van der Waals surface area contributed by atoms with Gasteiger partial charge in [-0.1, -0.05) is 18.5 Å². The highest BCUT2D eigenvalue weighted by Crippen LogP contribution is 2.44. The third kappa shape index (κ3) is 3.67. The van der Waals surface area contributed by atoms with Gasteiger partial charge in [-0.25, -0.2) is 32.6 Å². The van der Waals surface area contributed by atoms with Gasteiger partial charge in [-0.2, -0.15) is 0 Å². The zero-order valence-electron chi connectivity index (χ0n) is 19.5. The summed E-state index contributed by atoms with van der Waals surface area (Å²) in [7, 11) is -3.81. The first-order valence-corrected chi connectivity index (χ1v) is 13.5. The van der Waals surface area contributed by atoms with E-state index in [0.717, 1.165) is 12.8 Å². The number of ether oxygens (including phenoxy) is 1. The number of carbonyl (C=O) groups is 1. The molecule has 5 heterocycles. The van der Waals surface area contributed by atoms with Crippen molar-refractivity contribution < 1.29 is 22.3 Å². The number of aromatic nitrogens is 3. The van der Waals surface area contributed by atoms with Crippen molar-refractivity contribution in [3.8, 4) is 0 Å². The molecule has 2 aromatic rings. The number of amides is 1. The molecule has 1 amide bonds. The van der Waals surface area contributed by atoms with Crippen LogP contribution in [0, 0.1) is 5.82 Å². The lowest BCUT2D eigenvalue weighted by molar-refractivity contribution is 0.00722. The standard InChI is InChI=1S/C22H27ClFN5O4S/c1-5-34(31,32)20-26-17-15-12(25-18(23)16(17)24)7-9-13-14-8-6-11(10-28(13)19(15)27-20)29(14)21(30)33-22(2,3)4/h11,13-14H,5-10H2,1-4H3/t11-,13+,14+/m1/s1. The van der Waals surface area contributed by atoms with Crippen molar-refractivity contribution in [2.75, 3.05) is 17.2 Å². The molecular formula is C22H27ClFN5O4S. The first-order valence-electron chi connectivity index (χ1n) is 11.5. The summed E-state index contributed by atoms with van der Waals surface area (Å²) >= 11 is 6.06. The Hall–Kier alpha value is -2.27. The molecule has 2 saturated heterocycles. The summed E-state index contributed by atoms with van der Waals surface area (Å²) in [6.45, 7) is 7.43. The van der Waals surface area contributed by atoms with E-state index in [2.05, 4.69) is 15.0 Å². The fourth-order valence-corrected chi connectivity index (χ4v) is 6.25. The van der Waals surface area contributed by atoms with Gasteiger partial charge in [-0.15, -0.1) is 0 Å². The largest absolute Gasteiger partial charge is 0.444 e. The van der Waals surface area contributed by atoms with E-state index in [4.69, 9.17) is 16.3 Å². The second-order valence-corrected chi connectivity index (χ2v) is 12.6. The molecule has 0 saturated carbocycles. The van der Waals surface area contributed by atoms with E-state index >= 15 is 4.39 Å². The number of halogens is 2. The lowest BCUT2D eigenvalue weighted by atomic mass is 9.98. The molecule has 9 nitrogen and oxygen atoms in total. The van der Waals surface area contributed by atoms with Gasteiger partial charge in [-0.05, 0) is 46.5 Å². The van der Waals surface area contributed by atoms with E-state index in [1.54, 1.807) is 0 Å². The molecule has 0 N–H and O–H groups in total. The first-order chi connectivity index (χ1) is 15.9. The van der Waals surface area contributed by atoms with Crippen molar-refractivity contribution in [1.29, 1.82) is 0 Å².